The molecule has 166 valence electrons. The van der Waals surface area contributed by atoms with Crippen molar-refractivity contribution in [3.05, 3.63) is 57.4 Å². The van der Waals surface area contributed by atoms with Gasteiger partial charge in [0.05, 0.1) is 25.8 Å². The number of rotatable bonds is 3. The van der Waals surface area contributed by atoms with Crippen molar-refractivity contribution in [3.63, 3.8) is 0 Å². The fraction of sp³-hybridized carbons (Fsp3) is 0.333. The first kappa shape index (κ1) is 20.2. The summed E-state index contributed by atoms with van der Waals surface area (Å²) in [5.41, 5.74) is 2.75. The lowest BCUT2D eigenvalue weighted by Crippen LogP contribution is -2.41. The summed E-state index contributed by atoms with van der Waals surface area (Å²) in [5.74, 6) is 2.33. The Morgan fingerprint density at radius 2 is 1.69 bits per heavy atom. The van der Waals surface area contributed by atoms with Crippen molar-refractivity contribution in [2.75, 3.05) is 34.0 Å². The van der Waals surface area contributed by atoms with Gasteiger partial charge in [0.2, 0.25) is 5.91 Å². The van der Waals surface area contributed by atoms with Crippen LogP contribution in [0.3, 0.4) is 0 Å². The predicted octanol–water partition coefficient (Wildman–Crippen LogP) is 2.81. The van der Waals surface area contributed by atoms with Crippen LogP contribution in [0, 0.1) is 0 Å². The number of carbonyl (C=O) groups is 1. The zero-order chi connectivity index (χ0) is 22.4. The summed E-state index contributed by atoms with van der Waals surface area (Å²) in [6.07, 6.45) is 0.663. The van der Waals surface area contributed by atoms with E-state index in [2.05, 4.69) is 4.98 Å². The first-order valence-electron chi connectivity index (χ1n) is 10.5. The van der Waals surface area contributed by atoms with Crippen LogP contribution in [-0.2, 0) is 11.2 Å². The van der Waals surface area contributed by atoms with Gasteiger partial charge in [-0.15, -0.1) is 0 Å². The molecule has 3 aromatic rings. The minimum absolute atomic E-state index is 0.0999. The SMILES string of the molecule is COc1cc2c(cc1OC)[C@H](c1cc3cc4c(cc3[nH]c1=O)OCCO4)N(C(C)=O)CC2. The molecule has 0 saturated carbocycles. The second-order valence-corrected chi connectivity index (χ2v) is 7.91. The van der Waals surface area contributed by atoms with Gasteiger partial charge in [0.1, 0.15) is 13.2 Å². The highest BCUT2D eigenvalue weighted by molar-refractivity contribution is 5.84. The van der Waals surface area contributed by atoms with Crippen LogP contribution in [0.5, 0.6) is 23.0 Å². The Balaban J connectivity index is 1.72. The summed E-state index contributed by atoms with van der Waals surface area (Å²) < 4.78 is 22.3. The van der Waals surface area contributed by atoms with Gasteiger partial charge in [-0.3, -0.25) is 9.59 Å². The number of benzene rings is 2. The van der Waals surface area contributed by atoms with Crippen LogP contribution < -0.4 is 24.5 Å². The molecule has 32 heavy (non-hydrogen) atoms. The van der Waals surface area contributed by atoms with Gasteiger partial charge < -0.3 is 28.8 Å². The van der Waals surface area contributed by atoms with Crippen LogP contribution in [0.4, 0.5) is 0 Å². The van der Waals surface area contributed by atoms with Crippen LogP contribution in [0.15, 0.2) is 35.1 Å². The molecule has 0 spiro atoms. The molecule has 0 aliphatic carbocycles. The predicted molar refractivity (Wildman–Crippen MR) is 118 cm³/mol. The Morgan fingerprint density at radius 3 is 2.38 bits per heavy atom. The number of pyridine rings is 1. The van der Waals surface area contributed by atoms with Crippen molar-refractivity contribution in [3.8, 4) is 23.0 Å². The largest absolute Gasteiger partial charge is 0.493 e. The molecule has 1 aromatic heterocycles. The number of fused-ring (bicyclic) bond motifs is 3. The Bertz CT molecular complexity index is 1280. The third kappa shape index (κ3) is 3.23. The molecule has 2 aliphatic heterocycles. The molecular weight excluding hydrogens is 412 g/mol. The molecule has 8 heteroatoms. The molecule has 0 saturated heterocycles. The van der Waals surface area contributed by atoms with E-state index in [-0.39, 0.29) is 11.5 Å². The number of aromatic amines is 1. The molecule has 0 radical (unpaired) electrons. The Labute approximate surface area is 184 Å². The minimum Gasteiger partial charge on any atom is -0.493 e. The lowest BCUT2D eigenvalue weighted by atomic mass is 9.87. The van der Waals surface area contributed by atoms with Crippen molar-refractivity contribution < 1.29 is 23.7 Å². The van der Waals surface area contributed by atoms with Gasteiger partial charge in [-0.2, -0.15) is 0 Å². The zero-order valence-electron chi connectivity index (χ0n) is 18.2. The van der Waals surface area contributed by atoms with E-state index in [1.807, 2.05) is 24.3 Å². The van der Waals surface area contributed by atoms with E-state index in [0.29, 0.717) is 60.3 Å². The molecule has 0 unspecified atom stereocenters. The van der Waals surface area contributed by atoms with Gasteiger partial charge in [-0.05, 0) is 41.8 Å². The molecule has 8 nitrogen and oxygen atoms in total. The average Bonchev–Trinajstić information content (AvgIpc) is 2.80. The van der Waals surface area contributed by atoms with Crippen molar-refractivity contribution in [1.82, 2.24) is 9.88 Å². The van der Waals surface area contributed by atoms with Crippen LogP contribution in [0.2, 0.25) is 0 Å². The molecule has 0 fully saturated rings. The van der Waals surface area contributed by atoms with Crippen LogP contribution in [0.25, 0.3) is 10.9 Å². The molecule has 3 heterocycles. The zero-order valence-corrected chi connectivity index (χ0v) is 18.2. The Hall–Kier alpha value is -3.68. The number of aromatic nitrogens is 1. The van der Waals surface area contributed by atoms with Gasteiger partial charge >= 0.3 is 0 Å². The van der Waals surface area contributed by atoms with Gasteiger partial charge in [-0.25, -0.2) is 0 Å². The smallest absolute Gasteiger partial charge is 0.254 e. The molecule has 1 amide bonds. The standard InChI is InChI=1S/C24H24N2O6/c1-13(27)26-5-4-14-9-19(29-2)20(30-3)11-16(14)23(26)17-8-15-10-21-22(32-7-6-31-21)12-18(15)25-24(17)28/h8-12,23H,4-7H2,1-3H3,(H,25,28)/t23-/m1/s1. The van der Waals surface area contributed by atoms with E-state index in [9.17, 15) is 9.59 Å². The van der Waals surface area contributed by atoms with Crippen LogP contribution >= 0.6 is 0 Å². The van der Waals surface area contributed by atoms with Gasteiger partial charge in [-0.1, -0.05) is 0 Å². The van der Waals surface area contributed by atoms with Crippen molar-refractivity contribution >= 4 is 16.8 Å². The third-order valence-corrected chi connectivity index (χ3v) is 6.11. The van der Waals surface area contributed by atoms with E-state index in [4.69, 9.17) is 18.9 Å². The average molecular weight is 436 g/mol. The number of nitrogens with zero attached hydrogens (tertiary/aromatic N) is 1. The summed E-state index contributed by atoms with van der Waals surface area (Å²) in [7, 11) is 3.16. The van der Waals surface area contributed by atoms with Crippen molar-refractivity contribution in [2.45, 2.75) is 19.4 Å². The van der Waals surface area contributed by atoms with Gasteiger partial charge in [0.15, 0.2) is 23.0 Å². The number of nitrogens with one attached hydrogen (secondary N) is 1. The van der Waals surface area contributed by atoms with Crippen molar-refractivity contribution in [2.24, 2.45) is 0 Å². The second kappa shape index (κ2) is 7.78. The maximum Gasteiger partial charge on any atom is 0.254 e. The van der Waals surface area contributed by atoms with E-state index < -0.39 is 6.04 Å². The topological polar surface area (TPSA) is 90.1 Å². The fourth-order valence-electron chi connectivity index (χ4n) is 4.58. The molecular formula is C24H24N2O6. The first-order chi connectivity index (χ1) is 15.5. The number of hydrogen-bond acceptors (Lipinski definition) is 6. The van der Waals surface area contributed by atoms with E-state index >= 15 is 0 Å². The number of amides is 1. The molecule has 5 rings (SSSR count). The summed E-state index contributed by atoms with van der Waals surface area (Å²) >= 11 is 0. The fourth-order valence-corrected chi connectivity index (χ4v) is 4.58. The van der Waals surface area contributed by atoms with E-state index in [0.717, 1.165) is 16.5 Å². The molecule has 1 N–H and O–H groups in total. The molecule has 2 aliphatic rings. The van der Waals surface area contributed by atoms with Gasteiger partial charge in [0, 0.05) is 30.5 Å². The normalized spacial score (nSPS) is 17.1. The maximum absolute atomic E-state index is 13.2. The minimum atomic E-state index is -0.544. The lowest BCUT2D eigenvalue weighted by Gasteiger charge is -2.37. The number of ether oxygens (including phenoxy) is 4. The number of methoxy groups -OCH3 is 2. The monoisotopic (exact) mass is 436 g/mol. The molecule has 0 bridgehead atoms. The summed E-state index contributed by atoms with van der Waals surface area (Å²) in [4.78, 5) is 30.5. The molecule has 1 atom stereocenters. The molecule has 2 aromatic carbocycles. The first-order valence-corrected chi connectivity index (χ1v) is 10.5. The maximum atomic E-state index is 13.2. The van der Waals surface area contributed by atoms with E-state index in [1.54, 1.807) is 25.2 Å². The lowest BCUT2D eigenvalue weighted by molar-refractivity contribution is -0.130. The highest BCUT2D eigenvalue weighted by Crippen LogP contribution is 2.41. The van der Waals surface area contributed by atoms with Crippen molar-refractivity contribution in [1.29, 1.82) is 0 Å². The highest BCUT2D eigenvalue weighted by atomic mass is 16.6. The number of hydrogen-bond donors (Lipinski definition) is 1. The third-order valence-electron chi connectivity index (χ3n) is 6.11. The Morgan fingerprint density at radius 1 is 1.00 bits per heavy atom. The summed E-state index contributed by atoms with van der Waals surface area (Å²) in [5, 5.41) is 0.806. The second-order valence-electron chi connectivity index (χ2n) is 7.91. The Kier molecular flexibility index (Phi) is 4.92. The van der Waals surface area contributed by atoms with E-state index in [1.165, 1.54) is 6.92 Å². The highest BCUT2D eigenvalue weighted by Gasteiger charge is 2.34. The summed E-state index contributed by atoms with van der Waals surface area (Å²) in [6.45, 7) is 2.97. The number of carbonyl (C=O) groups excluding carboxylic acids is 1. The van der Waals surface area contributed by atoms with Crippen LogP contribution in [-0.4, -0.2) is 49.8 Å². The van der Waals surface area contributed by atoms with Gasteiger partial charge in [0.25, 0.3) is 5.56 Å². The van der Waals surface area contributed by atoms with Crippen LogP contribution in [0.1, 0.15) is 29.7 Å². The summed E-state index contributed by atoms with van der Waals surface area (Å²) in [6, 6.07) is 8.72. The quantitative estimate of drug-likeness (QED) is 0.679. The number of H-pyrrole nitrogens is 1.